The molecule has 0 aliphatic carbocycles. The highest BCUT2D eigenvalue weighted by Crippen LogP contribution is 2.17. The maximum Gasteiger partial charge on any atom is 0.165 e. The van der Waals surface area contributed by atoms with E-state index in [1.807, 2.05) is 0 Å². The van der Waals surface area contributed by atoms with E-state index in [0.717, 1.165) is 5.56 Å². The van der Waals surface area contributed by atoms with Crippen molar-refractivity contribution in [3.8, 4) is 5.75 Å². The van der Waals surface area contributed by atoms with Crippen molar-refractivity contribution in [2.45, 2.75) is 6.54 Å². The van der Waals surface area contributed by atoms with E-state index in [1.165, 1.54) is 13.2 Å². The molecule has 12 heavy (non-hydrogen) atoms. The second-order valence-electron chi connectivity index (χ2n) is 2.17. The summed E-state index contributed by atoms with van der Waals surface area (Å²) in [6, 6.07) is 4.58. The van der Waals surface area contributed by atoms with Gasteiger partial charge in [0.05, 0.1) is 7.11 Å². The van der Waals surface area contributed by atoms with Crippen molar-refractivity contribution in [2.75, 3.05) is 7.11 Å². The fraction of sp³-hybridized carbons (Fsp3) is 0.250. The number of methoxy groups -OCH3 is 1. The molecule has 0 aromatic heterocycles. The summed E-state index contributed by atoms with van der Waals surface area (Å²) in [5, 5.41) is 0. The number of hydrogen-bond acceptors (Lipinski definition) is 2. The molecule has 0 radical (unpaired) electrons. The summed E-state index contributed by atoms with van der Waals surface area (Å²) in [6.07, 6.45) is 0. The molecule has 0 aliphatic rings. The van der Waals surface area contributed by atoms with Gasteiger partial charge in [-0.1, -0.05) is 6.07 Å². The first kappa shape index (κ1) is 11.2. The van der Waals surface area contributed by atoms with Crippen LogP contribution in [-0.2, 0) is 6.54 Å². The summed E-state index contributed by atoms with van der Waals surface area (Å²) in [7, 11) is 1.43. The SMILES string of the molecule is COc1cc(CN)ccc1F.Cl. The molecule has 68 valence electrons. The molecule has 1 aromatic rings. The molecule has 0 heterocycles. The smallest absolute Gasteiger partial charge is 0.165 e. The van der Waals surface area contributed by atoms with Gasteiger partial charge >= 0.3 is 0 Å². The largest absolute Gasteiger partial charge is 0.494 e. The van der Waals surface area contributed by atoms with Gasteiger partial charge in [-0.3, -0.25) is 0 Å². The molecule has 1 rings (SSSR count). The predicted octanol–water partition coefficient (Wildman–Crippen LogP) is 1.71. The first-order valence-corrected chi connectivity index (χ1v) is 3.30. The summed E-state index contributed by atoms with van der Waals surface area (Å²) >= 11 is 0. The van der Waals surface area contributed by atoms with Gasteiger partial charge in [0.15, 0.2) is 11.6 Å². The van der Waals surface area contributed by atoms with Gasteiger partial charge in [-0.05, 0) is 17.7 Å². The number of rotatable bonds is 2. The number of ether oxygens (including phenoxy) is 1. The lowest BCUT2D eigenvalue weighted by Crippen LogP contribution is -1.97. The first-order valence-electron chi connectivity index (χ1n) is 3.30. The Kier molecular flexibility index (Phi) is 4.62. The van der Waals surface area contributed by atoms with Gasteiger partial charge < -0.3 is 10.5 Å². The molecule has 2 nitrogen and oxygen atoms in total. The minimum atomic E-state index is -0.357. The van der Waals surface area contributed by atoms with Crippen LogP contribution in [0.15, 0.2) is 18.2 Å². The van der Waals surface area contributed by atoms with Crippen LogP contribution in [0.25, 0.3) is 0 Å². The van der Waals surface area contributed by atoms with Gasteiger partial charge in [-0.25, -0.2) is 4.39 Å². The van der Waals surface area contributed by atoms with E-state index in [2.05, 4.69) is 0 Å². The summed E-state index contributed by atoms with van der Waals surface area (Å²) in [5.74, 6) is -0.113. The summed E-state index contributed by atoms with van der Waals surface area (Å²) in [4.78, 5) is 0. The van der Waals surface area contributed by atoms with Crippen LogP contribution in [0.2, 0.25) is 0 Å². The Labute approximate surface area is 76.9 Å². The molecular formula is C8H11ClFNO. The Bertz CT molecular complexity index is 255. The van der Waals surface area contributed by atoms with Gasteiger partial charge in [0.2, 0.25) is 0 Å². The van der Waals surface area contributed by atoms with Crippen LogP contribution in [0.4, 0.5) is 4.39 Å². The topological polar surface area (TPSA) is 35.2 Å². The maximum absolute atomic E-state index is 12.7. The van der Waals surface area contributed by atoms with Gasteiger partial charge in [-0.2, -0.15) is 0 Å². The fourth-order valence-corrected chi connectivity index (χ4v) is 0.831. The molecule has 0 atom stereocenters. The molecule has 2 N–H and O–H groups in total. The van der Waals surface area contributed by atoms with Gasteiger partial charge in [0.25, 0.3) is 0 Å². The predicted molar refractivity (Wildman–Crippen MR) is 48.1 cm³/mol. The molecule has 0 unspecified atom stereocenters. The van der Waals surface area contributed by atoms with Crippen LogP contribution in [0.5, 0.6) is 5.75 Å². The van der Waals surface area contributed by atoms with Crippen molar-refractivity contribution in [3.05, 3.63) is 29.6 Å². The second kappa shape index (κ2) is 4.95. The maximum atomic E-state index is 12.7. The zero-order valence-corrected chi connectivity index (χ0v) is 7.53. The zero-order chi connectivity index (χ0) is 8.27. The third kappa shape index (κ3) is 2.36. The zero-order valence-electron chi connectivity index (χ0n) is 6.71. The van der Waals surface area contributed by atoms with Gasteiger partial charge in [-0.15, -0.1) is 12.4 Å². The quantitative estimate of drug-likeness (QED) is 0.773. The van der Waals surface area contributed by atoms with E-state index in [1.54, 1.807) is 12.1 Å². The lowest BCUT2D eigenvalue weighted by atomic mass is 10.2. The molecule has 0 spiro atoms. The van der Waals surface area contributed by atoms with E-state index >= 15 is 0 Å². The van der Waals surface area contributed by atoms with E-state index in [9.17, 15) is 4.39 Å². The summed E-state index contributed by atoms with van der Waals surface area (Å²) in [5.41, 5.74) is 6.21. The average molecular weight is 192 g/mol. The highest BCUT2D eigenvalue weighted by molar-refractivity contribution is 5.85. The Morgan fingerprint density at radius 1 is 1.50 bits per heavy atom. The average Bonchev–Trinajstić information content (AvgIpc) is 2.05. The van der Waals surface area contributed by atoms with Crippen molar-refractivity contribution >= 4 is 12.4 Å². The standard InChI is InChI=1S/C8H10FNO.ClH/c1-11-8-4-6(5-10)2-3-7(8)9;/h2-4H,5,10H2,1H3;1H. The molecule has 0 fully saturated rings. The number of benzene rings is 1. The van der Waals surface area contributed by atoms with Gasteiger partial charge in [0.1, 0.15) is 0 Å². The third-order valence-electron chi connectivity index (χ3n) is 1.45. The molecular weight excluding hydrogens is 181 g/mol. The summed E-state index contributed by atoms with van der Waals surface area (Å²) < 4.78 is 17.5. The number of nitrogens with two attached hydrogens (primary N) is 1. The minimum absolute atomic E-state index is 0. The Balaban J connectivity index is 0.00000121. The van der Waals surface area contributed by atoms with Crippen molar-refractivity contribution in [3.63, 3.8) is 0 Å². The molecule has 0 bridgehead atoms. The van der Waals surface area contributed by atoms with Crippen molar-refractivity contribution < 1.29 is 9.13 Å². The van der Waals surface area contributed by atoms with Crippen LogP contribution >= 0.6 is 12.4 Å². The third-order valence-corrected chi connectivity index (χ3v) is 1.45. The van der Waals surface area contributed by atoms with E-state index in [-0.39, 0.29) is 24.0 Å². The Morgan fingerprint density at radius 2 is 2.17 bits per heavy atom. The fourth-order valence-electron chi connectivity index (χ4n) is 0.831. The van der Waals surface area contributed by atoms with Crippen LogP contribution in [0, 0.1) is 5.82 Å². The van der Waals surface area contributed by atoms with Crippen LogP contribution in [0.1, 0.15) is 5.56 Å². The summed E-state index contributed by atoms with van der Waals surface area (Å²) in [6.45, 7) is 0.399. The monoisotopic (exact) mass is 191 g/mol. The molecule has 0 amide bonds. The molecule has 0 saturated carbocycles. The van der Waals surface area contributed by atoms with E-state index in [4.69, 9.17) is 10.5 Å². The lowest BCUT2D eigenvalue weighted by Gasteiger charge is -2.02. The molecule has 0 saturated heterocycles. The number of halogens is 2. The minimum Gasteiger partial charge on any atom is -0.494 e. The lowest BCUT2D eigenvalue weighted by molar-refractivity contribution is 0.386. The normalized spacial score (nSPS) is 8.92. The molecule has 1 aromatic carbocycles. The first-order chi connectivity index (χ1) is 5.27. The Morgan fingerprint density at radius 3 is 2.67 bits per heavy atom. The molecule has 0 aliphatic heterocycles. The van der Waals surface area contributed by atoms with Crippen LogP contribution < -0.4 is 10.5 Å². The van der Waals surface area contributed by atoms with Crippen molar-refractivity contribution in [2.24, 2.45) is 5.73 Å². The highest BCUT2D eigenvalue weighted by Gasteiger charge is 2.01. The second-order valence-corrected chi connectivity index (χ2v) is 2.17. The van der Waals surface area contributed by atoms with Gasteiger partial charge in [0, 0.05) is 6.54 Å². The van der Waals surface area contributed by atoms with E-state index < -0.39 is 0 Å². The van der Waals surface area contributed by atoms with Crippen molar-refractivity contribution in [1.29, 1.82) is 0 Å². The van der Waals surface area contributed by atoms with Crippen molar-refractivity contribution in [1.82, 2.24) is 0 Å². The molecule has 4 heteroatoms. The number of hydrogen-bond donors (Lipinski definition) is 1. The van der Waals surface area contributed by atoms with Crippen LogP contribution in [0.3, 0.4) is 0 Å². The highest BCUT2D eigenvalue weighted by atomic mass is 35.5. The Hall–Kier alpha value is -0.800. The van der Waals surface area contributed by atoms with Crippen LogP contribution in [-0.4, -0.2) is 7.11 Å². The van der Waals surface area contributed by atoms with E-state index in [0.29, 0.717) is 6.54 Å².